The minimum absolute atomic E-state index is 0.159. The zero-order valence-electron chi connectivity index (χ0n) is 10.1. The number of aliphatic hydroxyl groups excluding tert-OH is 1. The van der Waals surface area contributed by atoms with Gasteiger partial charge in [0.15, 0.2) is 0 Å². The van der Waals surface area contributed by atoms with E-state index in [0.717, 1.165) is 31.5 Å². The van der Waals surface area contributed by atoms with Crippen molar-refractivity contribution in [2.24, 2.45) is 0 Å². The first-order valence-corrected chi connectivity index (χ1v) is 6.39. The standard InChI is InChI=1S/C14H20FNO/c15-13-5-1-4-12(10-13)11-16-8-2-6-14(16)7-3-9-17/h1,4-5,10,14,17H,2-3,6-9,11H2. The third-order valence-corrected chi connectivity index (χ3v) is 3.47. The normalized spacial score (nSPS) is 20.9. The van der Waals surface area contributed by atoms with Gasteiger partial charge in [0.05, 0.1) is 0 Å². The Morgan fingerprint density at radius 1 is 1.41 bits per heavy atom. The molecule has 1 unspecified atom stereocenters. The molecule has 1 fully saturated rings. The van der Waals surface area contributed by atoms with Gasteiger partial charge in [-0.15, -0.1) is 0 Å². The van der Waals surface area contributed by atoms with E-state index < -0.39 is 0 Å². The SMILES string of the molecule is OCCCC1CCCN1Cc1cccc(F)c1. The smallest absolute Gasteiger partial charge is 0.123 e. The molecule has 94 valence electrons. The number of nitrogens with zero attached hydrogens (tertiary/aromatic N) is 1. The predicted molar refractivity (Wildman–Crippen MR) is 66.2 cm³/mol. The average molecular weight is 237 g/mol. The summed E-state index contributed by atoms with van der Waals surface area (Å²) in [5, 5.41) is 8.87. The van der Waals surface area contributed by atoms with Crippen molar-refractivity contribution in [3.05, 3.63) is 35.6 Å². The van der Waals surface area contributed by atoms with Crippen molar-refractivity contribution in [2.45, 2.75) is 38.3 Å². The first-order chi connectivity index (χ1) is 8.29. The van der Waals surface area contributed by atoms with Crippen molar-refractivity contribution < 1.29 is 9.50 Å². The first-order valence-electron chi connectivity index (χ1n) is 6.39. The van der Waals surface area contributed by atoms with Gasteiger partial charge in [-0.25, -0.2) is 4.39 Å². The lowest BCUT2D eigenvalue weighted by Gasteiger charge is -2.24. The average Bonchev–Trinajstić information content (AvgIpc) is 2.74. The Morgan fingerprint density at radius 2 is 2.29 bits per heavy atom. The van der Waals surface area contributed by atoms with Gasteiger partial charge < -0.3 is 5.11 Å². The van der Waals surface area contributed by atoms with Gasteiger partial charge >= 0.3 is 0 Å². The van der Waals surface area contributed by atoms with E-state index in [-0.39, 0.29) is 12.4 Å². The topological polar surface area (TPSA) is 23.5 Å². The molecule has 0 saturated carbocycles. The molecule has 3 heteroatoms. The quantitative estimate of drug-likeness (QED) is 0.850. The monoisotopic (exact) mass is 237 g/mol. The zero-order chi connectivity index (χ0) is 12.1. The first kappa shape index (κ1) is 12.5. The van der Waals surface area contributed by atoms with E-state index in [1.807, 2.05) is 6.07 Å². The Labute approximate surface area is 102 Å². The van der Waals surface area contributed by atoms with Crippen LogP contribution in [-0.4, -0.2) is 29.2 Å². The van der Waals surface area contributed by atoms with Gasteiger partial charge in [0.2, 0.25) is 0 Å². The van der Waals surface area contributed by atoms with Crippen LogP contribution in [0.3, 0.4) is 0 Å². The molecule has 0 radical (unpaired) electrons. The summed E-state index contributed by atoms with van der Waals surface area (Å²) in [6.45, 7) is 2.19. The maximum absolute atomic E-state index is 13.1. The molecule has 17 heavy (non-hydrogen) atoms. The molecule has 1 N–H and O–H groups in total. The van der Waals surface area contributed by atoms with Crippen LogP contribution in [0.25, 0.3) is 0 Å². The molecule has 1 aromatic rings. The highest BCUT2D eigenvalue weighted by Crippen LogP contribution is 2.23. The van der Waals surface area contributed by atoms with Crippen molar-refractivity contribution in [3.8, 4) is 0 Å². The fourth-order valence-corrected chi connectivity index (χ4v) is 2.63. The molecule has 1 saturated heterocycles. The molecule has 0 aromatic heterocycles. The van der Waals surface area contributed by atoms with Crippen molar-refractivity contribution in [1.82, 2.24) is 4.90 Å². The summed E-state index contributed by atoms with van der Waals surface area (Å²) < 4.78 is 13.1. The van der Waals surface area contributed by atoms with Crippen molar-refractivity contribution in [3.63, 3.8) is 0 Å². The van der Waals surface area contributed by atoms with E-state index in [1.165, 1.54) is 18.9 Å². The van der Waals surface area contributed by atoms with E-state index in [0.29, 0.717) is 6.04 Å². The molecule has 0 aliphatic carbocycles. The molecule has 1 aliphatic heterocycles. The van der Waals surface area contributed by atoms with Crippen molar-refractivity contribution in [2.75, 3.05) is 13.2 Å². The van der Waals surface area contributed by atoms with Gasteiger partial charge in [-0.05, 0) is 49.9 Å². The van der Waals surface area contributed by atoms with Crippen molar-refractivity contribution >= 4 is 0 Å². The molecule has 2 rings (SSSR count). The summed E-state index contributed by atoms with van der Waals surface area (Å²) in [6.07, 6.45) is 4.33. The number of hydrogen-bond donors (Lipinski definition) is 1. The summed E-state index contributed by atoms with van der Waals surface area (Å²) in [4.78, 5) is 2.41. The molecule has 1 aliphatic rings. The largest absolute Gasteiger partial charge is 0.396 e. The highest BCUT2D eigenvalue weighted by molar-refractivity contribution is 5.16. The Balaban J connectivity index is 1.93. The summed E-state index contributed by atoms with van der Waals surface area (Å²) in [5.74, 6) is -0.159. The predicted octanol–water partition coefficient (Wildman–Crippen LogP) is 2.56. The summed E-state index contributed by atoms with van der Waals surface area (Å²) in [6, 6.07) is 7.40. The fourth-order valence-electron chi connectivity index (χ4n) is 2.63. The maximum atomic E-state index is 13.1. The lowest BCUT2D eigenvalue weighted by atomic mass is 10.1. The number of aliphatic hydroxyl groups is 1. The summed E-state index contributed by atoms with van der Waals surface area (Å²) in [7, 11) is 0. The number of hydrogen-bond acceptors (Lipinski definition) is 2. The molecular formula is C14H20FNO. The number of rotatable bonds is 5. The fraction of sp³-hybridized carbons (Fsp3) is 0.571. The van der Waals surface area contributed by atoms with Crippen LogP contribution in [0.4, 0.5) is 4.39 Å². The van der Waals surface area contributed by atoms with Gasteiger partial charge in [0.25, 0.3) is 0 Å². The van der Waals surface area contributed by atoms with Crippen LogP contribution < -0.4 is 0 Å². The Hall–Kier alpha value is -0.930. The highest BCUT2D eigenvalue weighted by atomic mass is 19.1. The number of halogens is 1. The van der Waals surface area contributed by atoms with Gasteiger partial charge in [0.1, 0.15) is 5.82 Å². The van der Waals surface area contributed by atoms with E-state index in [1.54, 1.807) is 12.1 Å². The number of benzene rings is 1. The van der Waals surface area contributed by atoms with Crippen LogP contribution in [-0.2, 0) is 6.54 Å². The molecule has 1 atom stereocenters. The van der Waals surface area contributed by atoms with Gasteiger partial charge in [-0.1, -0.05) is 12.1 Å². The molecule has 0 spiro atoms. The second kappa shape index (κ2) is 6.12. The molecule has 0 bridgehead atoms. The van der Waals surface area contributed by atoms with Crippen LogP contribution in [0.5, 0.6) is 0 Å². The second-order valence-corrected chi connectivity index (χ2v) is 4.76. The summed E-state index contributed by atoms with van der Waals surface area (Å²) >= 11 is 0. The minimum atomic E-state index is -0.159. The van der Waals surface area contributed by atoms with Crippen molar-refractivity contribution in [1.29, 1.82) is 0 Å². The highest BCUT2D eigenvalue weighted by Gasteiger charge is 2.23. The molecule has 1 heterocycles. The third kappa shape index (κ3) is 3.51. The Morgan fingerprint density at radius 3 is 3.06 bits per heavy atom. The lowest BCUT2D eigenvalue weighted by molar-refractivity contribution is 0.210. The van der Waals surface area contributed by atoms with E-state index in [2.05, 4.69) is 4.90 Å². The molecule has 0 amide bonds. The van der Waals surface area contributed by atoms with Crippen LogP contribution in [0.1, 0.15) is 31.2 Å². The second-order valence-electron chi connectivity index (χ2n) is 4.76. The lowest BCUT2D eigenvalue weighted by Crippen LogP contribution is -2.29. The Kier molecular flexibility index (Phi) is 4.51. The molecular weight excluding hydrogens is 217 g/mol. The minimum Gasteiger partial charge on any atom is -0.396 e. The Bertz CT molecular complexity index is 356. The van der Waals surface area contributed by atoms with Gasteiger partial charge in [-0.2, -0.15) is 0 Å². The van der Waals surface area contributed by atoms with Crippen LogP contribution >= 0.6 is 0 Å². The zero-order valence-corrected chi connectivity index (χ0v) is 10.1. The van der Waals surface area contributed by atoms with Crippen LogP contribution in [0.2, 0.25) is 0 Å². The maximum Gasteiger partial charge on any atom is 0.123 e. The number of likely N-dealkylation sites (tertiary alicyclic amines) is 1. The van der Waals surface area contributed by atoms with Gasteiger partial charge in [0, 0.05) is 19.2 Å². The summed E-state index contributed by atoms with van der Waals surface area (Å²) in [5.41, 5.74) is 1.04. The van der Waals surface area contributed by atoms with E-state index in [9.17, 15) is 4.39 Å². The van der Waals surface area contributed by atoms with E-state index in [4.69, 9.17) is 5.11 Å². The van der Waals surface area contributed by atoms with Crippen LogP contribution in [0.15, 0.2) is 24.3 Å². The van der Waals surface area contributed by atoms with Crippen LogP contribution in [0, 0.1) is 5.82 Å². The van der Waals surface area contributed by atoms with E-state index >= 15 is 0 Å². The van der Waals surface area contributed by atoms with Gasteiger partial charge in [-0.3, -0.25) is 4.90 Å². The molecule has 1 aromatic carbocycles. The molecule has 2 nitrogen and oxygen atoms in total. The third-order valence-electron chi connectivity index (χ3n) is 3.47.